The van der Waals surface area contributed by atoms with Gasteiger partial charge < -0.3 is 10.1 Å². The molecule has 3 aliphatic rings. The molecule has 1 heterocycles. The summed E-state index contributed by atoms with van der Waals surface area (Å²) in [6, 6.07) is 0.678. The highest BCUT2D eigenvalue weighted by molar-refractivity contribution is 5.34. The molecule has 2 nitrogen and oxygen atoms in total. The lowest BCUT2D eigenvalue weighted by molar-refractivity contribution is -0.133. The van der Waals surface area contributed by atoms with Crippen molar-refractivity contribution in [2.75, 3.05) is 13.2 Å². The highest BCUT2D eigenvalue weighted by atomic mass is 16.5. The number of hydrogen-bond acceptors (Lipinski definition) is 2. The standard InChI is InChI=1S/C17H27NO/c1-13(2)15-5-3-4-6-16(15)18-14-7-9-17(10-8-14)11-19-12-17/h5-6,13-14,18H,3-4,7-12H2,1-2H3. The van der Waals surface area contributed by atoms with Crippen LogP contribution in [-0.4, -0.2) is 19.3 Å². The summed E-state index contributed by atoms with van der Waals surface area (Å²) < 4.78 is 5.41. The van der Waals surface area contributed by atoms with Crippen LogP contribution in [0.5, 0.6) is 0 Å². The summed E-state index contributed by atoms with van der Waals surface area (Å²) >= 11 is 0. The van der Waals surface area contributed by atoms with Crippen molar-refractivity contribution in [2.24, 2.45) is 11.3 Å². The first-order valence-electron chi connectivity index (χ1n) is 7.93. The number of nitrogens with one attached hydrogen (secondary N) is 1. The first kappa shape index (κ1) is 13.2. The zero-order valence-corrected chi connectivity index (χ0v) is 12.4. The van der Waals surface area contributed by atoms with E-state index >= 15 is 0 Å². The second kappa shape index (κ2) is 5.32. The third kappa shape index (κ3) is 2.74. The number of ether oxygens (including phenoxy) is 1. The van der Waals surface area contributed by atoms with Gasteiger partial charge in [-0.05, 0) is 50.0 Å². The lowest BCUT2D eigenvalue weighted by atomic mass is 9.71. The topological polar surface area (TPSA) is 21.3 Å². The van der Waals surface area contributed by atoms with E-state index in [4.69, 9.17) is 4.74 Å². The molecule has 0 atom stereocenters. The summed E-state index contributed by atoms with van der Waals surface area (Å²) in [7, 11) is 0. The van der Waals surface area contributed by atoms with Gasteiger partial charge >= 0.3 is 0 Å². The van der Waals surface area contributed by atoms with Gasteiger partial charge in [-0.15, -0.1) is 0 Å². The summed E-state index contributed by atoms with van der Waals surface area (Å²) in [4.78, 5) is 0. The summed E-state index contributed by atoms with van der Waals surface area (Å²) in [5.74, 6) is 0.633. The molecule has 1 aliphatic heterocycles. The van der Waals surface area contributed by atoms with E-state index in [0.29, 0.717) is 17.4 Å². The molecule has 0 aromatic rings. The van der Waals surface area contributed by atoms with Gasteiger partial charge in [0.15, 0.2) is 0 Å². The highest BCUT2D eigenvalue weighted by Gasteiger charge is 2.41. The molecular formula is C17H27NO. The lowest BCUT2D eigenvalue weighted by Gasteiger charge is -2.46. The molecule has 19 heavy (non-hydrogen) atoms. The van der Waals surface area contributed by atoms with E-state index in [1.165, 1.54) is 49.8 Å². The van der Waals surface area contributed by atoms with Gasteiger partial charge in [0.2, 0.25) is 0 Å². The Morgan fingerprint density at radius 2 is 1.84 bits per heavy atom. The lowest BCUT2D eigenvalue weighted by Crippen LogP contribution is -2.48. The maximum absolute atomic E-state index is 5.41. The van der Waals surface area contributed by atoms with Crippen molar-refractivity contribution < 1.29 is 4.74 Å². The van der Waals surface area contributed by atoms with E-state index < -0.39 is 0 Å². The first-order valence-corrected chi connectivity index (χ1v) is 7.93. The molecule has 0 aromatic carbocycles. The molecule has 0 unspecified atom stereocenters. The Labute approximate surface area is 117 Å². The van der Waals surface area contributed by atoms with Crippen LogP contribution in [0.4, 0.5) is 0 Å². The van der Waals surface area contributed by atoms with Gasteiger partial charge in [-0.2, -0.15) is 0 Å². The molecule has 0 radical (unpaired) electrons. The van der Waals surface area contributed by atoms with Gasteiger partial charge in [0, 0.05) is 17.2 Å². The molecule has 2 aliphatic carbocycles. The molecule has 2 fully saturated rings. The van der Waals surface area contributed by atoms with E-state index in [1.807, 2.05) is 0 Å². The second-order valence-corrected chi connectivity index (χ2v) is 6.92. The zero-order chi connectivity index (χ0) is 13.3. The fourth-order valence-electron chi connectivity index (χ4n) is 3.66. The monoisotopic (exact) mass is 261 g/mol. The Morgan fingerprint density at radius 1 is 1.16 bits per heavy atom. The number of hydrogen-bond donors (Lipinski definition) is 1. The van der Waals surface area contributed by atoms with Gasteiger partial charge in [0.05, 0.1) is 13.2 Å². The number of rotatable bonds is 3. The van der Waals surface area contributed by atoms with Crippen molar-refractivity contribution >= 4 is 0 Å². The van der Waals surface area contributed by atoms with Crippen LogP contribution in [0.3, 0.4) is 0 Å². The van der Waals surface area contributed by atoms with E-state index in [-0.39, 0.29) is 0 Å². The summed E-state index contributed by atoms with van der Waals surface area (Å²) in [6.45, 7) is 6.63. The molecule has 106 valence electrons. The smallest absolute Gasteiger partial charge is 0.0544 e. The maximum atomic E-state index is 5.41. The Balaban J connectivity index is 1.57. The minimum Gasteiger partial charge on any atom is -0.382 e. The largest absolute Gasteiger partial charge is 0.382 e. The maximum Gasteiger partial charge on any atom is 0.0544 e. The van der Waals surface area contributed by atoms with Gasteiger partial charge in [0.25, 0.3) is 0 Å². The normalized spacial score (nSPS) is 26.9. The fraction of sp³-hybridized carbons (Fsp3) is 0.765. The van der Waals surface area contributed by atoms with Crippen LogP contribution in [0.15, 0.2) is 23.4 Å². The van der Waals surface area contributed by atoms with Gasteiger partial charge in [-0.1, -0.05) is 26.0 Å². The van der Waals surface area contributed by atoms with Crippen LogP contribution in [0.2, 0.25) is 0 Å². The van der Waals surface area contributed by atoms with Crippen LogP contribution in [0, 0.1) is 11.3 Å². The minimum atomic E-state index is 0.565. The molecule has 3 rings (SSSR count). The van der Waals surface area contributed by atoms with Crippen molar-refractivity contribution in [3.8, 4) is 0 Å². The van der Waals surface area contributed by atoms with Gasteiger partial charge in [-0.25, -0.2) is 0 Å². The zero-order valence-electron chi connectivity index (χ0n) is 12.4. The Bertz CT molecular complexity index is 380. The molecule has 1 N–H and O–H groups in total. The predicted octanol–water partition coefficient (Wildman–Crippen LogP) is 3.80. The van der Waals surface area contributed by atoms with Crippen LogP contribution < -0.4 is 5.32 Å². The SMILES string of the molecule is CC(C)C1=CCCC=C1NC1CCC2(CC1)COC2. The Morgan fingerprint density at radius 3 is 2.42 bits per heavy atom. The molecule has 0 aromatic heterocycles. The van der Waals surface area contributed by atoms with Gasteiger partial charge in [-0.3, -0.25) is 0 Å². The van der Waals surface area contributed by atoms with Crippen LogP contribution in [-0.2, 0) is 4.74 Å². The third-order valence-electron chi connectivity index (χ3n) is 5.03. The molecule has 1 saturated heterocycles. The van der Waals surface area contributed by atoms with E-state index in [2.05, 4.69) is 31.3 Å². The average Bonchev–Trinajstić information content (AvgIpc) is 2.38. The first-order chi connectivity index (χ1) is 9.19. The van der Waals surface area contributed by atoms with Crippen molar-refractivity contribution in [3.05, 3.63) is 23.4 Å². The summed E-state index contributed by atoms with van der Waals surface area (Å²) in [6.07, 6.45) is 12.6. The number of allylic oxidation sites excluding steroid dienone is 3. The minimum absolute atomic E-state index is 0.565. The van der Waals surface area contributed by atoms with Crippen LogP contribution in [0.25, 0.3) is 0 Å². The van der Waals surface area contributed by atoms with Gasteiger partial charge in [0.1, 0.15) is 0 Å². The Kier molecular flexibility index (Phi) is 3.70. The van der Waals surface area contributed by atoms with Crippen molar-refractivity contribution in [3.63, 3.8) is 0 Å². The van der Waals surface area contributed by atoms with Crippen LogP contribution >= 0.6 is 0 Å². The molecule has 2 heteroatoms. The quantitative estimate of drug-likeness (QED) is 0.834. The third-order valence-corrected chi connectivity index (χ3v) is 5.03. The molecular weight excluding hydrogens is 234 g/mol. The van der Waals surface area contributed by atoms with Crippen molar-refractivity contribution in [1.29, 1.82) is 0 Å². The van der Waals surface area contributed by atoms with E-state index in [9.17, 15) is 0 Å². The molecule has 1 saturated carbocycles. The predicted molar refractivity (Wildman–Crippen MR) is 78.9 cm³/mol. The van der Waals surface area contributed by atoms with Crippen molar-refractivity contribution in [2.45, 2.75) is 58.4 Å². The van der Waals surface area contributed by atoms with E-state index in [1.54, 1.807) is 0 Å². The second-order valence-electron chi connectivity index (χ2n) is 6.92. The van der Waals surface area contributed by atoms with Crippen LogP contribution in [0.1, 0.15) is 52.4 Å². The average molecular weight is 261 g/mol. The van der Waals surface area contributed by atoms with Crippen molar-refractivity contribution in [1.82, 2.24) is 5.32 Å². The summed E-state index contributed by atoms with van der Waals surface area (Å²) in [5, 5.41) is 3.83. The Hall–Kier alpha value is -0.760. The molecule has 0 amide bonds. The van der Waals surface area contributed by atoms with E-state index in [0.717, 1.165) is 13.2 Å². The highest BCUT2D eigenvalue weighted by Crippen LogP contribution is 2.42. The molecule has 0 bridgehead atoms. The summed E-state index contributed by atoms with van der Waals surface area (Å²) in [5.41, 5.74) is 3.51. The fourth-order valence-corrected chi connectivity index (χ4v) is 3.66. The molecule has 1 spiro atoms.